The number of amides is 2. The van der Waals surface area contributed by atoms with Gasteiger partial charge in [0.15, 0.2) is 0 Å². The summed E-state index contributed by atoms with van der Waals surface area (Å²) in [5.41, 5.74) is 3.71. The predicted octanol–water partition coefficient (Wildman–Crippen LogP) is 3.24. The number of anilines is 1. The lowest BCUT2D eigenvalue weighted by molar-refractivity contribution is -0.117. The summed E-state index contributed by atoms with van der Waals surface area (Å²) in [6, 6.07) is 12.9. The smallest absolute Gasteiger partial charge is 0.255 e. The van der Waals surface area contributed by atoms with Gasteiger partial charge in [0.1, 0.15) is 5.75 Å². The zero-order chi connectivity index (χ0) is 18.7. The summed E-state index contributed by atoms with van der Waals surface area (Å²) >= 11 is 0. The zero-order valence-electron chi connectivity index (χ0n) is 15.4. The molecule has 1 fully saturated rings. The number of nitrogens with zero attached hydrogens (tertiary/aromatic N) is 1. The molecule has 0 spiro atoms. The number of hydrogen-bond donors (Lipinski definition) is 1. The Hall–Kier alpha value is -2.82. The third kappa shape index (κ3) is 3.72. The first-order valence-corrected chi connectivity index (χ1v) is 8.90. The Bertz CT molecular complexity index is 832. The number of aryl methyl sites for hydroxylation is 2. The first-order chi connectivity index (χ1) is 12.5. The van der Waals surface area contributed by atoms with E-state index in [4.69, 9.17) is 4.74 Å². The summed E-state index contributed by atoms with van der Waals surface area (Å²) in [5.74, 6) is 0.369. The molecule has 5 heteroatoms. The lowest BCUT2D eigenvalue weighted by Gasteiger charge is -2.19. The van der Waals surface area contributed by atoms with E-state index in [0.717, 1.165) is 11.3 Å². The fourth-order valence-corrected chi connectivity index (χ4v) is 3.15. The van der Waals surface area contributed by atoms with Crippen LogP contribution in [0.4, 0.5) is 5.69 Å². The maximum atomic E-state index is 12.6. The van der Waals surface area contributed by atoms with Crippen molar-refractivity contribution in [2.75, 3.05) is 18.1 Å². The molecule has 0 aliphatic carbocycles. The van der Waals surface area contributed by atoms with Crippen LogP contribution in [-0.2, 0) is 4.79 Å². The van der Waals surface area contributed by atoms with E-state index in [1.165, 1.54) is 5.56 Å². The molecule has 0 bridgehead atoms. The van der Waals surface area contributed by atoms with E-state index in [9.17, 15) is 9.59 Å². The number of carbonyl (C=O) groups is 2. The maximum Gasteiger partial charge on any atom is 0.255 e. The van der Waals surface area contributed by atoms with Crippen molar-refractivity contribution < 1.29 is 14.3 Å². The molecule has 0 aromatic heterocycles. The third-order valence-electron chi connectivity index (χ3n) is 4.69. The predicted molar refractivity (Wildman–Crippen MR) is 102 cm³/mol. The van der Waals surface area contributed by atoms with Gasteiger partial charge in [0.25, 0.3) is 5.91 Å². The average Bonchev–Trinajstić information content (AvgIpc) is 2.98. The molecule has 26 heavy (non-hydrogen) atoms. The molecule has 136 valence electrons. The molecule has 1 aliphatic rings. The van der Waals surface area contributed by atoms with Crippen LogP contribution in [0.25, 0.3) is 0 Å². The lowest BCUT2D eigenvalue weighted by Crippen LogP contribution is -2.37. The zero-order valence-corrected chi connectivity index (χ0v) is 15.4. The SMILES string of the molecule is CCOc1ccccc1C(=O)NC1CC(=O)N(c2ccc(C)c(C)c2)C1. The average molecular weight is 352 g/mol. The molecule has 5 nitrogen and oxygen atoms in total. The Balaban J connectivity index is 1.71. The Morgan fingerprint density at radius 1 is 1.19 bits per heavy atom. The van der Waals surface area contributed by atoms with E-state index in [1.54, 1.807) is 23.1 Å². The summed E-state index contributed by atoms with van der Waals surface area (Å²) in [6.07, 6.45) is 0.301. The largest absolute Gasteiger partial charge is 0.493 e. The van der Waals surface area contributed by atoms with Crippen LogP contribution in [-0.4, -0.2) is 31.0 Å². The van der Waals surface area contributed by atoms with E-state index >= 15 is 0 Å². The van der Waals surface area contributed by atoms with Gasteiger partial charge in [0, 0.05) is 18.7 Å². The highest BCUT2D eigenvalue weighted by atomic mass is 16.5. The summed E-state index contributed by atoms with van der Waals surface area (Å²) in [6.45, 7) is 6.93. The van der Waals surface area contributed by atoms with Gasteiger partial charge >= 0.3 is 0 Å². The summed E-state index contributed by atoms with van der Waals surface area (Å²) in [7, 11) is 0. The molecular formula is C21H24N2O3. The van der Waals surface area contributed by atoms with E-state index in [1.807, 2.05) is 45.0 Å². The Kier molecular flexibility index (Phi) is 5.26. The standard InChI is InChI=1S/C21H24N2O3/c1-4-26-19-8-6-5-7-18(19)21(25)22-16-12-20(24)23(13-16)17-10-9-14(2)15(3)11-17/h5-11,16H,4,12-13H2,1-3H3,(H,22,25). The highest BCUT2D eigenvalue weighted by molar-refractivity contribution is 6.00. The van der Waals surface area contributed by atoms with Gasteiger partial charge in [-0.1, -0.05) is 18.2 Å². The van der Waals surface area contributed by atoms with Crippen LogP contribution in [0.1, 0.15) is 34.8 Å². The van der Waals surface area contributed by atoms with Crippen molar-refractivity contribution in [3.8, 4) is 5.75 Å². The number of benzene rings is 2. The number of carbonyl (C=O) groups excluding carboxylic acids is 2. The summed E-state index contributed by atoms with van der Waals surface area (Å²) in [5, 5.41) is 2.97. The number of nitrogens with one attached hydrogen (secondary N) is 1. The monoisotopic (exact) mass is 352 g/mol. The molecule has 1 saturated heterocycles. The van der Waals surface area contributed by atoms with Crippen LogP contribution in [0.3, 0.4) is 0 Å². The molecule has 0 saturated carbocycles. The molecule has 2 aromatic rings. The fraction of sp³-hybridized carbons (Fsp3) is 0.333. The van der Waals surface area contributed by atoms with Crippen LogP contribution < -0.4 is 15.0 Å². The molecular weight excluding hydrogens is 328 g/mol. The second-order valence-electron chi connectivity index (χ2n) is 6.58. The molecule has 2 amide bonds. The summed E-state index contributed by atoms with van der Waals surface area (Å²) in [4.78, 5) is 26.8. The van der Waals surface area contributed by atoms with Gasteiger partial charge in [-0.25, -0.2) is 0 Å². The second kappa shape index (κ2) is 7.60. The number of rotatable bonds is 5. The van der Waals surface area contributed by atoms with Crippen molar-refractivity contribution in [3.63, 3.8) is 0 Å². The van der Waals surface area contributed by atoms with Crippen LogP contribution in [0.15, 0.2) is 42.5 Å². The van der Waals surface area contributed by atoms with Crippen molar-refractivity contribution in [2.24, 2.45) is 0 Å². The van der Waals surface area contributed by atoms with E-state index in [0.29, 0.717) is 30.9 Å². The topological polar surface area (TPSA) is 58.6 Å². The Morgan fingerprint density at radius 2 is 1.96 bits per heavy atom. The molecule has 1 heterocycles. The maximum absolute atomic E-state index is 12.6. The van der Waals surface area contributed by atoms with E-state index < -0.39 is 0 Å². The van der Waals surface area contributed by atoms with Crippen LogP contribution in [0.5, 0.6) is 5.75 Å². The van der Waals surface area contributed by atoms with Gasteiger partial charge < -0.3 is 15.0 Å². The van der Waals surface area contributed by atoms with Gasteiger partial charge in [-0.3, -0.25) is 9.59 Å². The number of para-hydroxylation sites is 1. The molecule has 1 unspecified atom stereocenters. The van der Waals surface area contributed by atoms with E-state index in [-0.39, 0.29) is 17.9 Å². The minimum absolute atomic E-state index is 0.0247. The first kappa shape index (κ1) is 18.0. The highest BCUT2D eigenvalue weighted by Gasteiger charge is 2.32. The van der Waals surface area contributed by atoms with Crippen LogP contribution in [0, 0.1) is 13.8 Å². The van der Waals surface area contributed by atoms with Crippen LogP contribution in [0.2, 0.25) is 0 Å². The minimum atomic E-state index is -0.216. The van der Waals surface area contributed by atoms with Gasteiger partial charge in [0.05, 0.1) is 18.2 Å². The van der Waals surface area contributed by atoms with Crippen molar-refractivity contribution >= 4 is 17.5 Å². The highest BCUT2D eigenvalue weighted by Crippen LogP contribution is 2.25. The van der Waals surface area contributed by atoms with Crippen molar-refractivity contribution in [1.29, 1.82) is 0 Å². The molecule has 0 radical (unpaired) electrons. The quantitative estimate of drug-likeness (QED) is 0.899. The Labute approximate surface area is 154 Å². The lowest BCUT2D eigenvalue weighted by atomic mass is 10.1. The second-order valence-corrected chi connectivity index (χ2v) is 6.58. The molecule has 1 N–H and O–H groups in total. The van der Waals surface area contributed by atoms with Crippen molar-refractivity contribution in [3.05, 3.63) is 59.2 Å². The van der Waals surface area contributed by atoms with Gasteiger partial charge in [-0.2, -0.15) is 0 Å². The normalized spacial score (nSPS) is 16.7. The molecule has 2 aromatic carbocycles. The van der Waals surface area contributed by atoms with Gasteiger partial charge in [-0.05, 0) is 56.2 Å². The first-order valence-electron chi connectivity index (χ1n) is 8.90. The molecule has 1 aliphatic heterocycles. The Morgan fingerprint density at radius 3 is 2.69 bits per heavy atom. The summed E-state index contributed by atoms with van der Waals surface area (Å²) < 4.78 is 5.52. The van der Waals surface area contributed by atoms with Crippen LogP contribution >= 0.6 is 0 Å². The minimum Gasteiger partial charge on any atom is -0.493 e. The van der Waals surface area contributed by atoms with E-state index in [2.05, 4.69) is 5.32 Å². The third-order valence-corrected chi connectivity index (χ3v) is 4.69. The number of ether oxygens (including phenoxy) is 1. The van der Waals surface area contributed by atoms with Crippen molar-refractivity contribution in [2.45, 2.75) is 33.2 Å². The molecule has 3 rings (SSSR count). The molecule has 1 atom stereocenters. The fourth-order valence-electron chi connectivity index (χ4n) is 3.15. The van der Waals surface area contributed by atoms with Gasteiger partial charge in [-0.15, -0.1) is 0 Å². The van der Waals surface area contributed by atoms with Crippen molar-refractivity contribution in [1.82, 2.24) is 5.32 Å². The number of hydrogen-bond acceptors (Lipinski definition) is 3. The van der Waals surface area contributed by atoms with Gasteiger partial charge in [0.2, 0.25) is 5.91 Å².